The largest absolute Gasteiger partial charge is 0.494 e. The van der Waals surface area contributed by atoms with E-state index in [9.17, 15) is 0 Å². The van der Waals surface area contributed by atoms with Crippen LogP contribution < -0.4 is 4.74 Å². The Hall–Kier alpha value is -2.06. The Bertz CT molecular complexity index is 639. The molecule has 1 aromatic carbocycles. The molecule has 5 nitrogen and oxygen atoms in total. The summed E-state index contributed by atoms with van der Waals surface area (Å²) < 4.78 is 7.67. The molecule has 2 rings (SSSR count). The first kappa shape index (κ1) is 15.3. The van der Waals surface area contributed by atoms with Crippen LogP contribution in [0.15, 0.2) is 18.2 Å². The zero-order valence-electron chi connectivity index (χ0n) is 13.0. The van der Waals surface area contributed by atoms with Gasteiger partial charge in [0.2, 0.25) is 0 Å². The summed E-state index contributed by atoms with van der Waals surface area (Å²) in [6, 6.07) is 8.14. The highest BCUT2D eigenvalue weighted by molar-refractivity contribution is 5.78. The van der Waals surface area contributed by atoms with E-state index in [2.05, 4.69) is 34.6 Å². The topological polar surface area (TPSA) is 54.1 Å². The lowest BCUT2D eigenvalue weighted by molar-refractivity contribution is 0.340. The number of hydrogen-bond acceptors (Lipinski definition) is 4. The molecule has 0 amide bonds. The van der Waals surface area contributed by atoms with E-state index in [1.165, 1.54) is 0 Å². The van der Waals surface area contributed by atoms with E-state index in [0.717, 1.165) is 42.1 Å². The van der Waals surface area contributed by atoms with E-state index in [1.807, 2.05) is 25.1 Å². The summed E-state index contributed by atoms with van der Waals surface area (Å²) in [4.78, 5) is 6.75. The molecule has 0 saturated carbocycles. The van der Waals surface area contributed by atoms with E-state index >= 15 is 0 Å². The molecule has 0 aliphatic heterocycles. The second-order valence-electron chi connectivity index (χ2n) is 5.25. The van der Waals surface area contributed by atoms with Crippen molar-refractivity contribution in [3.05, 3.63) is 24.0 Å². The summed E-state index contributed by atoms with van der Waals surface area (Å²) in [6.45, 7) is 4.49. The van der Waals surface area contributed by atoms with Gasteiger partial charge in [0.15, 0.2) is 0 Å². The summed E-state index contributed by atoms with van der Waals surface area (Å²) in [6.07, 6.45) is 1.37. The van der Waals surface area contributed by atoms with Crippen LogP contribution in [0.4, 0.5) is 0 Å². The fraction of sp³-hybridized carbons (Fsp3) is 0.500. The Morgan fingerprint density at radius 1 is 1.38 bits per heavy atom. The average Bonchev–Trinajstić information content (AvgIpc) is 2.77. The first-order valence-corrected chi connectivity index (χ1v) is 7.29. The van der Waals surface area contributed by atoms with Gasteiger partial charge in [0, 0.05) is 12.6 Å². The molecule has 0 aliphatic carbocycles. The molecular weight excluding hydrogens is 264 g/mol. The molecule has 1 heterocycles. The summed E-state index contributed by atoms with van der Waals surface area (Å²) in [7, 11) is 4.13. The van der Waals surface area contributed by atoms with Gasteiger partial charge in [-0.05, 0) is 46.1 Å². The molecule has 0 N–H and O–H groups in total. The van der Waals surface area contributed by atoms with E-state index in [4.69, 9.17) is 10.00 Å². The zero-order chi connectivity index (χ0) is 15.2. The van der Waals surface area contributed by atoms with Crippen molar-refractivity contribution in [1.29, 1.82) is 5.26 Å². The van der Waals surface area contributed by atoms with Crippen LogP contribution in [0.1, 0.15) is 19.2 Å². The van der Waals surface area contributed by atoms with Crippen molar-refractivity contribution in [3.63, 3.8) is 0 Å². The van der Waals surface area contributed by atoms with Crippen molar-refractivity contribution in [1.82, 2.24) is 14.5 Å². The highest BCUT2D eigenvalue weighted by Gasteiger charge is 2.11. The Morgan fingerprint density at radius 3 is 2.86 bits per heavy atom. The molecule has 0 radical (unpaired) electrons. The third kappa shape index (κ3) is 3.73. The van der Waals surface area contributed by atoms with Crippen molar-refractivity contribution >= 4 is 11.0 Å². The fourth-order valence-electron chi connectivity index (χ4n) is 2.42. The second kappa shape index (κ2) is 7.09. The summed E-state index contributed by atoms with van der Waals surface area (Å²) >= 11 is 0. The van der Waals surface area contributed by atoms with Gasteiger partial charge in [-0.1, -0.05) is 0 Å². The first-order valence-electron chi connectivity index (χ1n) is 7.29. The van der Waals surface area contributed by atoms with E-state index in [0.29, 0.717) is 13.0 Å². The summed E-state index contributed by atoms with van der Waals surface area (Å²) in [5.74, 6) is 1.66. The van der Waals surface area contributed by atoms with Crippen molar-refractivity contribution < 1.29 is 4.74 Å². The quantitative estimate of drug-likeness (QED) is 0.784. The Labute approximate surface area is 125 Å². The van der Waals surface area contributed by atoms with Gasteiger partial charge in [-0.2, -0.15) is 5.26 Å². The Kier molecular flexibility index (Phi) is 5.18. The van der Waals surface area contributed by atoms with Crippen LogP contribution in [-0.2, 0) is 13.0 Å². The highest BCUT2D eigenvalue weighted by Crippen LogP contribution is 2.22. The monoisotopic (exact) mass is 286 g/mol. The molecule has 0 spiro atoms. The van der Waals surface area contributed by atoms with E-state index < -0.39 is 0 Å². The molecular formula is C16H22N4O. The molecule has 5 heteroatoms. The predicted octanol–water partition coefficient (Wildman–Crippen LogP) is 2.45. The van der Waals surface area contributed by atoms with Crippen molar-refractivity contribution in [2.45, 2.75) is 26.3 Å². The van der Waals surface area contributed by atoms with Crippen molar-refractivity contribution in [2.75, 3.05) is 27.2 Å². The normalized spacial score (nSPS) is 11.0. The van der Waals surface area contributed by atoms with Crippen LogP contribution in [0.3, 0.4) is 0 Å². The number of aromatic nitrogens is 2. The molecule has 0 fully saturated rings. The number of rotatable bonds is 7. The van der Waals surface area contributed by atoms with Crippen LogP contribution in [0.25, 0.3) is 11.0 Å². The lowest BCUT2D eigenvalue weighted by Crippen LogP contribution is -2.15. The lowest BCUT2D eigenvalue weighted by Gasteiger charge is -2.11. The molecule has 1 aromatic heterocycles. The zero-order valence-corrected chi connectivity index (χ0v) is 13.0. The number of aryl methyl sites for hydroxylation is 1. The SMILES string of the molecule is CCOc1ccc2c(c1)nc(CC#N)n2CCCN(C)C. The van der Waals surface area contributed by atoms with Gasteiger partial charge in [-0.3, -0.25) is 0 Å². The molecule has 0 saturated heterocycles. The summed E-state index contributed by atoms with van der Waals surface area (Å²) in [5.41, 5.74) is 1.97. The van der Waals surface area contributed by atoms with Crippen LogP contribution in [0.2, 0.25) is 0 Å². The van der Waals surface area contributed by atoms with E-state index in [-0.39, 0.29) is 0 Å². The van der Waals surface area contributed by atoms with Gasteiger partial charge in [0.1, 0.15) is 11.6 Å². The van der Waals surface area contributed by atoms with Crippen LogP contribution in [-0.4, -0.2) is 41.7 Å². The molecule has 0 bridgehead atoms. The predicted molar refractivity (Wildman–Crippen MR) is 83.4 cm³/mol. The standard InChI is InChI=1S/C16H22N4O/c1-4-21-13-6-7-15-14(12-13)18-16(8-9-17)20(15)11-5-10-19(2)3/h6-7,12H,4-5,8,10-11H2,1-3H3. The van der Waals surface area contributed by atoms with Crippen LogP contribution in [0, 0.1) is 11.3 Å². The highest BCUT2D eigenvalue weighted by atomic mass is 16.5. The maximum absolute atomic E-state index is 8.99. The third-order valence-corrected chi connectivity index (χ3v) is 3.33. The smallest absolute Gasteiger partial charge is 0.124 e. The third-order valence-electron chi connectivity index (χ3n) is 3.33. The number of hydrogen-bond donors (Lipinski definition) is 0. The van der Waals surface area contributed by atoms with Gasteiger partial charge in [-0.15, -0.1) is 0 Å². The number of nitriles is 1. The number of ether oxygens (including phenoxy) is 1. The van der Waals surface area contributed by atoms with E-state index in [1.54, 1.807) is 0 Å². The van der Waals surface area contributed by atoms with Gasteiger partial charge in [-0.25, -0.2) is 4.98 Å². The molecule has 0 atom stereocenters. The Balaban J connectivity index is 2.31. The summed E-state index contributed by atoms with van der Waals surface area (Å²) in [5, 5.41) is 8.99. The van der Waals surface area contributed by atoms with Gasteiger partial charge >= 0.3 is 0 Å². The molecule has 2 aromatic rings. The van der Waals surface area contributed by atoms with Gasteiger partial charge in [0.05, 0.1) is 30.1 Å². The number of benzene rings is 1. The van der Waals surface area contributed by atoms with Crippen LogP contribution >= 0.6 is 0 Å². The fourth-order valence-corrected chi connectivity index (χ4v) is 2.42. The maximum Gasteiger partial charge on any atom is 0.124 e. The number of fused-ring (bicyclic) bond motifs is 1. The second-order valence-corrected chi connectivity index (χ2v) is 5.25. The minimum absolute atomic E-state index is 0.334. The van der Waals surface area contributed by atoms with Gasteiger partial charge < -0.3 is 14.2 Å². The minimum atomic E-state index is 0.334. The number of imidazole rings is 1. The molecule has 112 valence electrons. The molecule has 0 unspecified atom stereocenters. The molecule has 21 heavy (non-hydrogen) atoms. The van der Waals surface area contributed by atoms with Crippen molar-refractivity contribution in [3.8, 4) is 11.8 Å². The van der Waals surface area contributed by atoms with Gasteiger partial charge in [0.25, 0.3) is 0 Å². The van der Waals surface area contributed by atoms with Crippen LogP contribution in [0.5, 0.6) is 5.75 Å². The maximum atomic E-state index is 8.99. The Morgan fingerprint density at radius 2 is 2.19 bits per heavy atom. The minimum Gasteiger partial charge on any atom is -0.494 e. The van der Waals surface area contributed by atoms with Crippen molar-refractivity contribution in [2.24, 2.45) is 0 Å². The number of nitrogens with zero attached hydrogens (tertiary/aromatic N) is 4. The average molecular weight is 286 g/mol. The lowest BCUT2D eigenvalue weighted by atomic mass is 10.3. The first-order chi connectivity index (χ1) is 10.2. The molecule has 0 aliphatic rings.